The van der Waals surface area contributed by atoms with Crippen molar-refractivity contribution in [2.75, 3.05) is 20.2 Å². The Balaban J connectivity index is 1.59. The molecule has 0 bridgehead atoms. The highest BCUT2D eigenvalue weighted by molar-refractivity contribution is 5.96. The van der Waals surface area contributed by atoms with E-state index in [9.17, 15) is 4.79 Å². The first-order valence-electron chi connectivity index (χ1n) is 8.32. The highest BCUT2D eigenvalue weighted by atomic mass is 16.5. The fourth-order valence-corrected chi connectivity index (χ4v) is 3.86. The molecule has 4 rings (SSSR count). The summed E-state index contributed by atoms with van der Waals surface area (Å²) in [5.74, 6) is 0.0625. The zero-order valence-electron chi connectivity index (χ0n) is 13.8. The van der Waals surface area contributed by atoms with Gasteiger partial charge < -0.3 is 14.4 Å². The molecule has 2 heterocycles. The van der Waals surface area contributed by atoms with Crippen LogP contribution in [0.25, 0.3) is 0 Å². The molecule has 1 amide bonds. The summed E-state index contributed by atoms with van der Waals surface area (Å²) in [4.78, 5) is 14.9. The summed E-state index contributed by atoms with van der Waals surface area (Å²) in [6.07, 6.45) is 0.849. The Morgan fingerprint density at radius 2 is 2.00 bits per heavy atom. The third kappa shape index (κ3) is 2.43. The Morgan fingerprint density at radius 1 is 1.21 bits per heavy atom. The lowest BCUT2D eigenvalue weighted by molar-refractivity contribution is -0.0283. The van der Waals surface area contributed by atoms with Crippen LogP contribution in [-0.2, 0) is 28.3 Å². The molecule has 2 aliphatic rings. The topological polar surface area (TPSA) is 38.8 Å². The van der Waals surface area contributed by atoms with Gasteiger partial charge in [0.2, 0.25) is 0 Å². The van der Waals surface area contributed by atoms with Gasteiger partial charge in [-0.3, -0.25) is 4.79 Å². The van der Waals surface area contributed by atoms with E-state index in [2.05, 4.69) is 12.1 Å². The number of rotatable bonds is 3. The Hall–Kier alpha value is -2.17. The average Bonchev–Trinajstić information content (AvgIpc) is 3.21. The Labute approximate surface area is 142 Å². The van der Waals surface area contributed by atoms with E-state index >= 15 is 0 Å². The van der Waals surface area contributed by atoms with E-state index in [1.807, 2.05) is 41.3 Å². The lowest BCUT2D eigenvalue weighted by atomic mass is 9.92. The minimum Gasteiger partial charge on any atom is -0.380 e. The third-order valence-corrected chi connectivity index (χ3v) is 5.08. The van der Waals surface area contributed by atoms with Crippen molar-refractivity contribution < 1.29 is 14.3 Å². The van der Waals surface area contributed by atoms with Crippen molar-refractivity contribution in [2.45, 2.75) is 25.2 Å². The van der Waals surface area contributed by atoms with Crippen LogP contribution in [0.3, 0.4) is 0 Å². The molecule has 0 aliphatic carbocycles. The standard InChI is InChI=1S/C20H21NO3/c1-23-12-15-6-2-4-8-17(15)19(22)21-11-10-20(14-21)18-9-5-3-7-16(18)13-24-20/h2-9H,10-14H2,1H3/t20-/m0/s1. The van der Waals surface area contributed by atoms with Crippen molar-refractivity contribution >= 4 is 5.91 Å². The van der Waals surface area contributed by atoms with Gasteiger partial charge in [-0.1, -0.05) is 42.5 Å². The molecule has 4 heteroatoms. The number of nitrogens with zero attached hydrogens (tertiary/aromatic N) is 1. The van der Waals surface area contributed by atoms with Gasteiger partial charge in [-0.15, -0.1) is 0 Å². The minimum absolute atomic E-state index is 0.0625. The van der Waals surface area contributed by atoms with Crippen molar-refractivity contribution in [3.8, 4) is 0 Å². The van der Waals surface area contributed by atoms with Crippen molar-refractivity contribution in [3.63, 3.8) is 0 Å². The number of carbonyl (C=O) groups is 1. The van der Waals surface area contributed by atoms with Crippen molar-refractivity contribution in [1.82, 2.24) is 4.90 Å². The zero-order valence-corrected chi connectivity index (χ0v) is 13.8. The van der Waals surface area contributed by atoms with Crippen LogP contribution in [0.4, 0.5) is 0 Å². The van der Waals surface area contributed by atoms with Crippen molar-refractivity contribution in [2.24, 2.45) is 0 Å². The predicted octanol–water partition coefficient (Wildman–Crippen LogP) is 3.10. The van der Waals surface area contributed by atoms with Gasteiger partial charge in [-0.2, -0.15) is 0 Å². The molecule has 2 aromatic carbocycles. The molecular formula is C20H21NO3. The summed E-state index contributed by atoms with van der Waals surface area (Å²) in [5, 5.41) is 0. The van der Waals surface area contributed by atoms with Crippen molar-refractivity contribution in [3.05, 3.63) is 70.8 Å². The number of hydrogen-bond donors (Lipinski definition) is 0. The second-order valence-corrected chi connectivity index (χ2v) is 6.51. The number of benzene rings is 2. The molecule has 0 saturated carbocycles. The van der Waals surface area contributed by atoms with E-state index in [-0.39, 0.29) is 11.5 Å². The number of ether oxygens (including phenoxy) is 2. The molecule has 1 atom stereocenters. The second-order valence-electron chi connectivity index (χ2n) is 6.51. The Morgan fingerprint density at radius 3 is 2.88 bits per heavy atom. The fourth-order valence-electron chi connectivity index (χ4n) is 3.86. The summed E-state index contributed by atoms with van der Waals surface area (Å²) in [6.45, 7) is 2.41. The van der Waals surface area contributed by atoms with E-state index in [1.165, 1.54) is 11.1 Å². The minimum atomic E-state index is -0.331. The van der Waals surface area contributed by atoms with Gasteiger partial charge in [0.1, 0.15) is 5.60 Å². The first-order chi connectivity index (χ1) is 11.7. The van der Waals surface area contributed by atoms with Crippen LogP contribution in [-0.4, -0.2) is 31.0 Å². The van der Waals surface area contributed by atoms with Gasteiger partial charge in [-0.05, 0) is 29.2 Å². The first-order valence-corrected chi connectivity index (χ1v) is 8.32. The number of hydrogen-bond acceptors (Lipinski definition) is 3. The zero-order chi connectivity index (χ0) is 16.6. The quantitative estimate of drug-likeness (QED) is 0.871. The molecule has 1 saturated heterocycles. The number of amides is 1. The molecule has 0 radical (unpaired) electrons. The summed E-state index contributed by atoms with van der Waals surface area (Å²) in [7, 11) is 1.65. The molecule has 1 spiro atoms. The van der Waals surface area contributed by atoms with Crippen LogP contribution in [0.5, 0.6) is 0 Å². The largest absolute Gasteiger partial charge is 0.380 e. The van der Waals surface area contributed by atoms with E-state index in [0.29, 0.717) is 26.3 Å². The lowest BCUT2D eigenvalue weighted by Gasteiger charge is -2.25. The van der Waals surface area contributed by atoms with Gasteiger partial charge >= 0.3 is 0 Å². The maximum Gasteiger partial charge on any atom is 0.254 e. The molecule has 24 heavy (non-hydrogen) atoms. The van der Waals surface area contributed by atoms with Crippen LogP contribution < -0.4 is 0 Å². The highest BCUT2D eigenvalue weighted by Gasteiger charge is 2.46. The van der Waals surface area contributed by atoms with Gasteiger partial charge in [0.15, 0.2) is 0 Å². The molecule has 1 fully saturated rings. The summed E-state index contributed by atoms with van der Waals surface area (Å²) < 4.78 is 11.4. The predicted molar refractivity (Wildman–Crippen MR) is 90.6 cm³/mol. The van der Waals surface area contributed by atoms with Crippen LogP contribution in [0.1, 0.15) is 33.5 Å². The van der Waals surface area contributed by atoms with Crippen LogP contribution in [0, 0.1) is 0 Å². The molecule has 0 aromatic heterocycles. The number of likely N-dealkylation sites (tertiary alicyclic amines) is 1. The van der Waals surface area contributed by atoms with Crippen LogP contribution in [0.15, 0.2) is 48.5 Å². The maximum atomic E-state index is 13.0. The van der Waals surface area contributed by atoms with Gasteiger partial charge in [-0.25, -0.2) is 0 Å². The number of carbonyl (C=O) groups excluding carboxylic acids is 1. The monoisotopic (exact) mass is 323 g/mol. The molecule has 0 N–H and O–H groups in total. The smallest absolute Gasteiger partial charge is 0.254 e. The second kappa shape index (κ2) is 6.04. The summed E-state index contributed by atoms with van der Waals surface area (Å²) in [6, 6.07) is 16.0. The normalized spacial score (nSPS) is 22.1. The van der Waals surface area contributed by atoms with Crippen LogP contribution >= 0.6 is 0 Å². The summed E-state index contributed by atoms with van der Waals surface area (Å²) >= 11 is 0. The molecule has 124 valence electrons. The summed E-state index contributed by atoms with van der Waals surface area (Å²) in [5.41, 5.74) is 3.81. The number of methoxy groups -OCH3 is 1. The lowest BCUT2D eigenvalue weighted by Crippen LogP contribution is -2.34. The van der Waals surface area contributed by atoms with Gasteiger partial charge in [0, 0.05) is 19.2 Å². The Bertz CT molecular complexity index is 773. The fraction of sp³-hybridized carbons (Fsp3) is 0.350. The Kier molecular flexibility index (Phi) is 3.87. The molecule has 0 unspecified atom stereocenters. The SMILES string of the molecule is COCc1ccccc1C(=O)N1CC[C@@]2(C1)OCc1ccccc12. The van der Waals surface area contributed by atoms with Crippen LogP contribution in [0.2, 0.25) is 0 Å². The first kappa shape index (κ1) is 15.4. The third-order valence-electron chi connectivity index (χ3n) is 5.08. The molecular weight excluding hydrogens is 302 g/mol. The van der Waals surface area contributed by atoms with E-state index in [4.69, 9.17) is 9.47 Å². The molecule has 2 aromatic rings. The van der Waals surface area contributed by atoms with Crippen molar-refractivity contribution in [1.29, 1.82) is 0 Å². The average molecular weight is 323 g/mol. The molecule has 2 aliphatic heterocycles. The molecule has 4 nitrogen and oxygen atoms in total. The highest BCUT2D eigenvalue weighted by Crippen LogP contribution is 2.43. The van der Waals surface area contributed by atoms with E-state index < -0.39 is 0 Å². The van der Waals surface area contributed by atoms with E-state index in [1.54, 1.807) is 7.11 Å². The maximum absolute atomic E-state index is 13.0. The van der Waals surface area contributed by atoms with Gasteiger partial charge in [0.25, 0.3) is 5.91 Å². The van der Waals surface area contributed by atoms with Gasteiger partial charge in [0.05, 0.1) is 19.8 Å². The van der Waals surface area contributed by atoms with E-state index in [0.717, 1.165) is 17.5 Å². The number of fused-ring (bicyclic) bond motifs is 2.